The van der Waals surface area contributed by atoms with Crippen LogP contribution >= 0.6 is 0 Å². The molecule has 26 heavy (non-hydrogen) atoms. The predicted octanol–water partition coefficient (Wildman–Crippen LogP) is 3.38. The first-order chi connectivity index (χ1) is 12.3. The van der Waals surface area contributed by atoms with Crippen molar-refractivity contribution in [2.45, 2.75) is 32.1 Å². The topological polar surface area (TPSA) is 94.6 Å². The Morgan fingerprint density at radius 3 is 2.62 bits per heavy atom. The summed E-state index contributed by atoms with van der Waals surface area (Å²) < 4.78 is 5.47. The fraction of sp³-hybridized carbons (Fsp3) is 0.250. The molecule has 6 nitrogen and oxygen atoms in total. The van der Waals surface area contributed by atoms with Gasteiger partial charge in [0.05, 0.1) is 0 Å². The normalized spacial score (nSPS) is 12.7. The van der Waals surface area contributed by atoms with E-state index in [2.05, 4.69) is 10.3 Å². The lowest BCUT2D eigenvalue weighted by Crippen LogP contribution is -2.37. The summed E-state index contributed by atoms with van der Waals surface area (Å²) in [5, 5.41) is 23.5. The number of aliphatic hydroxyl groups excluding tert-OH is 1. The molecule has 1 unspecified atom stereocenters. The van der Waals surface area contributed by atoms with Gasteiger partial charge in [0.2, 0.25) is 0 Å². The van der Waals surface area contributed by atoms with Gasteiger partial charge in [-0.05, 0) is 55.8 Å². The number of ether oxygens (including phenoxy) is 1. The van der Waals surface area contributed by atoms with Gasteiger partial charge in [0.25, 0.3) is 0 Å². The summed E-state index contributed by atoms with van der Waals surface area (Å²) in [5.41, 5.74) is 1.50. The highest BCUT2D eigenvalue weighted by Gasteiger charge is 2.29. The minimum atomic E-state index is -1.29. The molecule has 0 amide bonds. The number of hydrogen-bond acceptors (Lipinski definition) is 4. The van der Waals surface area contributed by atoms with E-state index >= 15 is 0 Å². The van der Waals surface area contributed by atoms with Crippen molar-refractivity contribution in [2.24, 2.45) is 0 Å². The maximum atomic E-state index is 11.1. The maximum absolute atomic E-state index is 11.1. The quantitative estimate of drug-likeness (QED) is 0.488. The average Bonchev–Trinajstić information content (AvgIpc) is 3.04. The molecule has 136 valence electrons. The summed E-state index contributed by atoms with van der Waals surface area (Å²) in [6, 6.07) is 14.9. The highest BCUT2D eigenvalue weighted by molar-refractivity contribution is 5.83. The number of H-pyrrole nitrogens is 1. The zero-order chi connectivity index (χ0) is 18.7. The molecule has 0 spiro atoms. The van der Waals surface area contributed by atoms with Crippen molar-refractivity contribution in [2.75, 3.05) is 5.32 Å². The Hall–Kier alpha value is -2.99. The molecule has 0 aliphatic rings. The first-order valence-electron chi connectivity index (χ1n) is 8.36. The number of hydrogen-bond donors (Lipinski definition) is 4. The van der Waals surface area contributed by atoms with E-state index in [4.69, 9.17) is 9.84 Å². The Morgan fingerprint density at radius 2 is 1.92 bits per heavy atom. The van der Waals surface area contributed by atoms with Crippen LogP contribution in [0.3, 0.4) is 0 Å². The largest absolute Gasteiger partial charge is 0.478 e. The van der Waals surface area contributed by atoms with Crippen LogP contribution < -0.4 is 10.1 Å². The second-order valence-electron chi connectivity index (χ2n) is 6.71. The molecule has 0 bridgehead atoms. The summed E-state index contributed by atoms with van der Waals surface area (Å²) in [4.78, 5) is 14.2. The van der Waals surface area contributed by atoms with Crippen LogP contribution in [0.15, 0.2) is 54.7 Å². The van der Waals surface area contributed by atoms with E-state index in [1.54, 1.807) is 12.1 Å². The molecule has 3 rings (SSSR count). The lowest BCUT2D eigenvalue weighted by atomic mass is 10.1. The molecule has 2 aromatic carbocycles. The van der Waals surface area contributed by atoms with Gasteiger partial charge >= 0.3 is 5.97 Å². The molecule has 0 aliphatic heterocycles. The van der Waals surface area contributed by atoms with E-state index in [9.17, 15) is 9.90 Å². The second-order valence-corrected chi connectivity index (χ2v) is 6.71. The Bertz CT molecular complexity index is 900. The molecule has 1 aromatic heterocycles. The van der Waals surface area contributed by atoms with Gasteiger partial charge in [-0.15, -0.1) is 0 Å². The van der Waals surface area contributed by atoms with Crippen LogP contribution in [-0.4, -0.2) is 33.0 Å². The van der Waals surface area contributed by atoms with Crippen LogP contribution in [0.4, 0.5) is 5.69 Å². The number of aromatic nitrogens is 1. The smallest absolute Gasteiger partial charge is 0.347 e. The van der Waals surface area contributed by atoms with Crippen LogP contribution in [0.5, 0.6) is 5.75 Å². The minimum absolute atomic E-state index is 0.410. The van der Waals surface area contributed by atoms with Gasteiger partial charge in [-0.1, -0.05) is 12.1 Å². The van der Waals surface area contributed by atoms with E-state index in [-0.39, 0.29) is 0 Å². The van der Waals surface area contributed by atoms with Crippen LogP contribution in [0.2, 0.25) is 0 Å². The van der Waals surface area contributed by atoms with Gasteiger partial charge in [-0.3, -0.25) is 0 Å². The molecule has 4 N–H and O–H groups in total. The van der Waals surface area contributed by atoms with Crippen LogP contribution in [0, 0.1) is 0 Å². The molecule has 0 saturated carbocycles. The highest BCUT2D eigenvalue weighted by atomic mass is 16.5. The standard InChI is InChI=1S/C20H22N2O4/c1-20(2,19(24)25)26-16-6-3-13(4-7-16)11-18(23)22-15-5-8-17-14(12-15)9-10-21-17/h3-10,12,18,21-23H,11H2,1-2H3,(H,24,25). The Balaban J connectivity index is 1.60. The molecule has 6 heteroatoms. The molecule has 1 atom stereocenters. The molecular formula is C20H22N2O4. The number of carboxylic acid groups (broad SMARTS) is 1. The minimum Gasteiger partial charge on any atom is -0.478 e. The van der Waals surface area contributed by atoms with Crippen LogP contribution in [0.1, 0.15) is 19.4 Å². The number of rotatable bonds is 7. The molecule has 0 aliphatic carbocycles. The molecule has 0 radical (unpaired) electrons. The van der Waals surface area contributed by atoms with E-state index < -0.39 is 17.8 Å². The first-order valence-corrected chi connectivity index (χ1v) is 8.36. The van der Waals surface area contributed by atoms with Gasteiger partial charge in [-0.25, -0.2) is 4.79 Å². The summed E-state index contributed by atoms with van der Waals surface area (Å²) in [6.45, 7) is 3.00. The average molecular weight is 354 g/mol. The highest BCUT2D eigenvalue weighted by Crippen LogP contribution is 2.21. The lowest BCUT2D eigenvalue weighted by Gasteiger charge is -2.21. The van der Waals surface area contributed by atoms with Gasteiger partial charge in [0.1, 0.15) is 12.0 Å². The van der Waals surface area contributed by atoms with Crippen molar-refractivity contribution in [1.29, 1.82) is 0 Å². The van der Waals surface area contributed by atoms with Crippen molar-refractivity contribution in [3.8, 4) is 5.75 Å². The Kier molecular flexibility index (Phi) is 4.86. The number of aliphatic carboxylic acids is 1. The monoisotopic (exact) mass is 354 g/mol. The number of aromatic amines is 1. The Morgan fingerprint density at radius 1 is 1.19 bits per heavy atom. The number of anilines is 1. The van der Waals surface area contributed by atoms with Crippen LogP contribution in [0.25, 0.3) is 10.9 Å². The third-order valence-electron chi connectivity index (χ3n) is 4.13. The predicted molar refractivity (Wildman–Crippen MR) is 100 cm³/mol. The van der Waals surface area contributed by atoms with Crippen molar-refractivity contribution < 1.29 is 19.7 Å². The summed E-state index contributed by atoms with van der Waals surface area (Å²) in [5.74, 6) is -0.554. The number of nitrogens with one attached hydrogen (secondary N) is 2. The first kappa shape index (κ1) is 17.8. The zero-order valence-corrected chi connectivity index (χ0v) is 14.7. The molecule has 3 aromatic rings. The number of fused-ring (bicyclic) bond motifs is 1. The van der Waals surface area contributed by atoms with Crippen molar-refractivity contribution in [3.05, 3.63) is 60.3 Å². The van der Waals surface area contributed by atoms with E-state index in [0.29, 0.717) is 12.2 Å². The fourth-order valence-electron chi connectivity index (χ4n) is 2.64. The zero-order valence-electron chi connectivity index (χ0n) is 14.7. The third kappa shape index (κ3) is 4.15. The fourth-order valence-corrected chi connectivity index (χ4v) is 2.64. The van der Waals surface area contributed by atoms with Gasteiger partial charge < -0.3 is 25.3 Å². The number of aliphatic hydroxyl groups is 1. The van der Waals surface area contributed by atoms with Crippen LogP contribution in [-0.2, 0) is 11.2 Å². The summed E-state index contributed by atoms with van der Waals surface area (Å²) in [6.07, 6.45) is 1.54. The van der Waals surface area contributed by atoms with Gasteiger partial charge in [-0.2, -0.15) is 0 Å². The Labute approximate surface area is 151 Å². The molecule has 0 fully saturated rings. The van der Waals surface area contributed by atoms with E-state index in [1.807, 2.05) is 42.6 Å². The van der Waals surface area contributed by atoms with Crippen molar-refractivity contribution in [3.63, 3.8) is 0 Å². The summed E-state index contributed by atoms with van der Waals surface area (Å²) in [7, 11) is 0. The third-order valence-corrected chi connectivity index (χ3v) is 4.13. The van der Waals surface area contributed by atoms with Crippen molar-refractivity contribution >= 4 is 22.6 Å². The molecule has 1 heterocycles. The number of benzene rings is 2. The number of carbonyl (C=O) groups is 1. The van der Waals surface area contributed by atoms with Gasteiger partial charge in [0.15, 0.2) is 5.60 Å². The van der Waals surface area contributed by atoms with E-state index in [0.717, 1.165) is 22.2 Å². The lowest BCUT2D eigenvalue weighted by molar-refractivity contribution is -0.152. The SMILES string of the molecule is CC(C)(Oc1ccc(CC(O)Nc2ccc3[nH]ccc3c2)cc1)C(=O)O. The molecular weight excluding hydrogens is 332 g/mol. The second kappa shape index (κ2) is 7.09. The molecule has 0 saturated heterocycles. The van der Waals surface area contributed by atoms with Gasteiger partial charge in [0, 0.05) is 29.2 Å². The summed E-state index contributed by atoms with van der Waals surface area (Å²) >= 11 is 0. The number of carboxylic acids is 1. The van der Waals surface area contributed by atoms with Crippen molar-refractivity contribution in [1.82, 2.24) is 4.98 Å². The maximum Gasteiger partial charge on any atom is 0.347 e. The van der Waals surface area contributed by atoms with E-state index in [1.165, 1.54) is 13.8 Å².